The number of rotatable bonds is 4. The molecule has 1 N–H and O–H groups in total. The summed E-state index contributed by atoms with van der Waals surface area (Å²) in [5, 5.41) is 0.683. The fourth-order valence-corrected chi connectivity index (χ4v) is 2.80. The van der Waals surface area contributed by atoms with Crippen LogP contribution in [-0.4, -0.2) is 16.2 Å². The van der Waals surface area contributed by atoms with E-state index in [1.54, 1.807) is 0 Å². The minimum absolute atomic E-state index is 0.625. The molecule has 0 aliphatic heterocycles. The summed E-state index contributed by atoms with van der Waals surface area (Å²) < 4.78 is 8.37. The Morgan fingerprint density at radius 2 is 2.05 bits per heavy atom. The van der Waals surface area contributed by atoms with Gasteiger partial charge >= 0.3 is 0 Å². The van der Waals surface area contributed by atoms with E-state index in [-0.39, 0.29) is 0 Å². The normalized spacial score (nSPS) is 11.0. The van der Waals surface area contributed by atoms with Gasteiger partial charge in [-0.1, -0.05) is 30.7 Å². The van der Waals surface area contributed by atoms with Crippen LogP contribution in [0.15, 0.2) is 42.5 Å². The van der Waals surface area contributed by atoms with E-state index in [9.17, 15) is 0 Å². The van der Waals surface area contributed by atoms with Crippen molar-refractivity contribution in [1.29, 1.82) is 0 Å². The molecule has 3 aromatic rings. The summed E-state index contributed by atoms with van der Waals surface area (Å²) >= 11 is 11.5. The number of aromatic nitrogens is 2. The van der Waals surface area contributed by atoms with Gasteiger partial charge in [0, 0.05) is 10.7 Å². The van der Waals surface area contributed by atoms with Crippen LogP contribution in [0.25, 0.3) is 16.7 Å². The Balaban J connectivity index is 2.20. The van der Waals surface area contributed by atoms with Gasteiger partial charge < -0.3 is 9.72 Å². The highest BCUT2D eigenvalue weighted by Gasteiger charge is 2.10. The van der Waals surface area contributed by atoms with Crippen LogP contribution in [0.4, 0.5) is 0 Å². The van der Waals surface area contributed by atoms with Crippen LogP contribution in [0.1, 0.15) is 13.3 Å². The molecular weight excluding hydrogens is 304 g/mol. The first-order valence-electron chi connectivity index (χ1n) is 6.83. The Morgan fingerprint density at radius 1 is 1.24 bits per heavy atom. The van der Waals surface area contributed by atoms with Crippen molar-refractivity contribution in [3.05, 3.63) is 52.3 Å². The Hall–Kier alpha value is -1.78. The number of aromatic amines is 1. The van der Waals surface area contributed by atoms with Crippen LogP contribution in [0, 0.1) is 4.77 Å². The van der Waals surface area contributed by atoms with E-state index in [0.717, 1.165) is 28.9 Å². The number of hydrogen-bond donors (Lipinski definition) is 1. The van der Waals surface area contributed by atoms with Crippen molar-refractivity contribution in [2.75, 3.05) is 6.61 Å². The summed E-state index contributed by atoms with van der Waals surface area (Å²) in [4.78, 5) is 3.23. The van der Waals surface area contributed by atoms with Crippen molar-refractivity contribution >= 4 is 34.9 Å². The highest BCUT2D eigenvalue weighted by Crippen LogP contribution is 2.28. The number of benzene rings is 2. The highest BCUT2D eigenvalue weighted by atomic mass is 35.5. The Labute approximate surface area is 133 Å². The smallest absolute Gasteiger partial charge is 0.182 e. The monoisotopic (exact) mass is 318 g/mol. The number of halogens is 1. The second-order valence-electron chi connectivity index (χ2n) is 4.74. The van der Waals surface area contributed by atoms with Gasteiger partial charge in [0.15, 0.2) is 4.77 Å². The lowest BCUT2D eigenvalue weighted by Crippen LogP contribution is -1.96. The average molecular weight is 319 g/mol. The molecule has 0 amide bonds. The highest BCUT2D eigenvalue weighted by molar-refractivity contribution is 7.71. The summed E-state index contributed by atoms with van der Waals surface area (Å²) in [5.41, 5.74) is 2.83. The number of fused-ring (bicyclic) bond motifs is 1. The van der Waals surface area contributed by atoms with Gasteiger partial charge in [-0.05, 0) is 49.0 Å². The maximum Gasteiger partial charge on any atom is 0.182 e. The second-order valence-corrected chi connectivity index (χ2v) is 5.57. The minimum atomic E-state index is 0.625. The molecule has 21 heavy (non-hydrogen) atoms. The maximum absolute atomic E-state index is 6.08. The molecule has 0 saturated carbocycles. The topological polar surface area (TPSA) is 29.9 Å². The number of H-pyrrole nitrogens is 1. The zero-order valence-corrected chi connectivity index (χ0v) is 13.2. The van der Waals surface area contributed by atoms with Crippen LogP contribution < -0.4 is 4.74 Å². The Morgan fingerprint density at radius 3 is 2.81 bits per heavy atom. The summed E-state index contributed by atoms with van der Waals surface area (Å²) in [5.74, 6) is 0.821. The van der Waals surface area contributed by atoms with Crippen molar-refractivity contribution in [1.82, 2.24) is 9.55 Å². The van der Waals surface area contributed by atoms with Crippen LogP contribution in [0.5, 0.6) is 5.75 Å². The Kier molecular flexibility index (Phi) is 3.99. The van der Waals surface area contributed by atoms with E-state index >= 15 is 0 Å². The molecule has 108 valence electrons. The number of para-hydroxylation sites is 1. The van der Waals surface area contributed by atoms with Gasteiger partial charge in [-0.2, -0.15) is 0 Å². The molecule has 0 aliphatic carbocycles. The van der Waals surface area contributed by atoms with Gasteiger partial charge in [-0.15, -0.1) is 0 Å². The predicted octanol–water partition coefficient (Wildman–Crippen LogP) is 5.13. The van der Waals surface area contributed by atoms with Crippen molar-refractivity contribution in [2.24, 2.45) is 0 Å². The van der Waals surface area contributed by atoms with Crippen molar-refractivity contribution in [3.8, 4) is 11.4 Å². The summed E-state index contributed by atoms with van der Waals surface area (Å²) in [6.07, 6.45) is 0.964. The largest absolute Gasteiger partial charge is 0.491 e. The zero-order chi connectivity index (χ0) is 14.8. The van der Waals surface area contributed by atoms with E-state index < -0.39 is 0 Å². The van der Waals surface area contributed by atoms with Gasteiger partial charge in [-0.25, -0.2) is 0 Å². The van der Waals surface area contributed by atoms with Crippen LogP contribution in [-0.2, 0) is 0 Å². The lowest BCUT2D eigenvalue weighted by atomic mass is 10.2. The van der Waals surface area contributed by atoms with Gasteiger partial charge in [-0.3, -0.25) is 4.57 Å². The lowest BCUT2D eigenvalue weighted by Gasteiger charge is -2.07. The molecule has 0 radical (unpaired) electrons. The molecule has 0 bridgehead atoms. The van der Waals surface area contributed by atoms with E-state index in [1.807, 2.05) is 47.0 Å². The third-order valence-corrected chi connectivity index (χ3v) is 3.73. The number of ether oxygens (including phenoxy) is 1. The Bertz CT molecular complexity index is 838. The summed E-state index contributed by atoms with van der Waals surface area (Å²) in [6, 6.07) is 13.6. The van der Waals surface area contributed by atoms with Crippen molar-refractivity contribution in [2.45, 2.75) is 13.3 Å². The first-order chi connectivity index (χ1) is 10.2. The van der Waals surface area contributed by atoms with E-state index in [2.05, 4.69) is 11.9 Å². The van der Waals surface area contributed by atoms with E-state index in [1.165, 1.54) is 0 Å². The zero-order valence-electron chi connectivity index (χ0n) is 11.6. The molecular formula is C16H15ClN2OS. The molecule has 0 aliphatic rings. The van der Waals surface area contributed by atoms with Crippen molar-refractivity contribution < 1.29 is 4.74 Å². The first-order valence-corrected chi connectivity index (χ1v) is 7.62. The molecule has 2 aromatic carbocycles. The molecule has 0 atom stereocenters. The van der Waals surface area contributed by atoms with Gasteiger partial charge in [0.25, 0.3) is 0 Å². The SMILES string of the molecule is CCCOc1cccc2c1[nH]c(=S)n2-c1cccc(Cl)c1. The van der Waals surface area contributed by atoms with Crippen LogP contribution in [0.2, 0.25) is 5.02 Å². The molecule has 1 aromatic heterocycles. The number of imidazole rings is 1. The third-order valence-electron chi connectivity index (χ3n) is 3.21. The van der Waals surface area contributed by atoms with Gasteiger partial charge in [0.2, 0.25) is 0 Å². The molecule has 5 heteroatoms. The number of hydrogen-bond acceptors (Lipinski definition) is 2. The fraction of sp³-hybridized carbons (Fsp3) is 0.188. The lowest BCUT2D eigenvalue weighted by molar-refractivity contribution is 0.320. The second kappa shape index (κ2) is 5.92. The quantitative estimate of drug-likeness (QED) is 0.676. The van der Waals surface area contributed by atoms with Crippen LogP contribution in [0.3, 0.4) is 0 Å². The maximum atomic E-state index is 6.08. The van der Waals surface area contributed by atoms with E-state index in [4.69, 9.17) is 28.6 Å². The molecule has 0 unspecified atom stereocenters. The minimum Gasteiger partial charge on any atom is -0.491 e. The van der Waals surface area contributed by atoms with E-state index in [0.29, 0.717) is 16.4 Å². The average Bonchev–Trinajstić information content (AvgIpc) is 2.81. The summed E-state index contributed by atoms with van der Waals surface area (Å²) in [6.45, 7) is 2.77. The molecule has 0 spiro atoms. The van der Waals surface area contributed by atoms with Gasteiger partial charge in [0.1, 0.15) is 11.3 Å². The standard InChI is InChI=1S/C16H15ClN2OS/c1-2-9-20-14-8-4-7-13-15(14)18-16(21)19(13)12-6-3-5-11(17)10-12/h3-8,10H,2,9H2,1H3,(H,18,21). The van der Waals surface area contributed by atoms with Crippen molar-refractivity contribution in [3.63, 3.8) is 0 Å². The molecule has 3 nitrogen and oxygen atoms in total. The summed E-state index contributed by atoms with van der Waals surface area (Å²) in [7, 11) is 0. The first kappa shape index (κ1) is 14.2. The predicted molar refractivity (Wildman–Crippen MR) is 89.3 cm³/mol. The molecule has 1 heterocycles. The fourth-order valence-electron chi connectivity index (χ4n) is 2.31. The molecule has 3 rings (SSSR count). The molecule has 0 fully saturated rings. The molecule has 0 saturated heterocycles. The number of nitrogens with one attached hydrogen (secondary N) is 1. The third kappa shape index (κ3) is 2.69. The number of nitrogens with zero attached hydrogens (tertiary/aromatic N) is 1. The van der Waals surface area contributed by atoms with Crippen LogP contribution >= 0.6 is 23.8 Å². The van der Waals surface area contributed by atoms with Gasteiger partial charge in [0.05, 0.1) is 12.1 Å².